The van der Waals surface area contributed by atoms with Crippen LogP contribution in [-0.2, 0) is 17.6 Å². The van der Waals surface area contributed by atoms with Gasteiger partial charge in [0.2, 0.25) is 0 Å². The SMILES string of the molecule is Nc1cc(OC(F)(F)F)ccc1C(=O)N1CCC(c2c(F)cnc3[nH]c4c(c23)CCOCC4)CC1. The molecule has 1 saturated heterocycles. The molecule has 186 valence electrons. The van der Waals surface area contributed by atoms with Crippen molar-refractivity contribution in [2.45, 2.75) is 38.0 Å². The topological polar surface area (TPSA) is 93.5 Å². The molecule has 0 atom stereocenters. The molecule has 1 aromatic carbocycles. The number of hydrogen-bond donors (Lipinski definition) is 2. The number of benzene rings is 1. The Morgan fingerprint density at radius 1 is 1.20 bits per heavy atom. The minimum atomic E-state index is -4.85. The van der Waals surface area contributed by atoms with Gasteiger partial charge in [-0.25, -0.2) is 9.37 Å². The van der Waals surface area contributed by atoms with Crippen LogP contribution in [0.5, 0.6) is 5.75 Å². The lowest BCUT2D eigenvalue weighted by atomic mass is 9.86. The molecule has 0 bridgehead atoms. The zero-order chi connectivity index (χ0) is 24.7. The first-order valence-electron chi connectivity index (χ1n) is 11.4. The Bertz CT molecular complexity index is 1270. The Kier molecular flexibility index (Phi) is 6.04. The second-order valence-electron chi connectivity index (χ2n) is 8.80. The molecule has 0 aliphatic carbocycles. The third-order valence-electron chi connectivity index (χ3n) is 6.68. The van der Waals surface area contributed by atoms with Gasteiger partial charge in [0.25, 0.3) is 5.91 Å². The summed E-state index contributed by atoms with van der Waals surface area (Å²) in [6, 6.07) is 3.28. The largest absolute Gasteiger partial charge is 0.573 e. The quantitative estimate of drug-likeness (QED) is 0.420. The molecule has 7 nitrogen and oxygen atoms in total. The molecule has 1 fully saturated rings. The first kappa shape index (κ1) is 23.4. The van der Waals surface area contributed by atoms with E-state index in [0.29, 0.717) is 63.2 Å². The lowest BCUT2D eigenvalue weighted by Crippen LogP contribution is -2.38. The van der Waals surface area contributed by atoms with Gasteiger partial charge in [0.05, 0.1) is 25.0 Å². The highest BCUT2D eigenvalue weighted by atomic mass is 19.4. The van der Waals surface area contributed by atoms with Crippen molar-refractivity contribution in [2.24, 2.45) is 0 Å². The van der Waals surface area contributed by atoms with Crippen LogP contribution in [0.1, 0.15) is 45.9 Å². The average molecular weight is 492 g/mol. The molecule has 11 heteroatoms. The summed E-state index contributed by atoms with van der Waals surface area (Å²) >= 11 is 0. The zero-order valence-corrected chi connectivity index (χ0v) is 18.8. The van der Waals surface area contributed by atoms with Crippen LogP contribution >= 0.6 is 0 Å². The lowest BCUT2D eigenvalue weighted by molar-refractivity contribution is -0.274. The van der Waals surface area contributed by atoms with Gasteiger partial charge < -0.3 is 25.1 Å². The number of rotatable bonds is 3. The number of nitrogens with zero attached hydrogens (tertiary/aromatic N) is 2. The standard InChI is InChI=1S/C24H24F4N4O3/c25-17-12-30-22-21(16-5-9-34-10-6-19(16)31-22)20(17)13-3-7-32(8-4-13)23(33)15-2-1-14(11-18(15)29)35-24(26,27)28/h1-2,11-13H,3-10,29H2,(H,30,31). The summed E-state index contributed by atoms with van der Waals surface area (Å²) < 4.78 is 61.8. The van der Waals surface area contributed by atoms with Crippen LogP contribution < -0.4 is 10.5 Å². The molecule has 3 aromatic rings. The summed E-state index contributed by atoms with van der Waals surface area (Å²) in [5.41, 5.74) is 9.21. The van der Waals surface area contributed by atoms with Crippen molar-refractivity contribution < 1.29 is 31.8 Å². The van der Waals surface area contributed by atoms with Crippen LogP contribution in [0.25, 0.3) is 11.0 Å². The number of ether oxygens (including phenoxy) is 2. The van der Waals surface area contributed by atoms with Crippen molar-refractivity contribution in [3.05, 3.63) is 52.6 Å². The monoisotopic (exact) mass is 492 g/mol. The maximum atomic E-state index is 15.1. The number of H-pyrrole nitrogens is 1. The number of alkyl halides is 3. The fraction of sp³-hybridized carbons (Fsp3) is 0.417. The molecular formula is C24H24F4N4O3. The molecule has 5 rings (SSSR count). The number of carbonyl (C=O) groups excluding carboxylic acids is 1. The van der Waals surface area contributed by atoms with E-state index in [0.717, 1.165) is 28.8 Å². The number of piperidine rings is 1. The number of likely N-dealkylation sites (tertiary alicyclic amines) is 1. The number of amides is 1. The van der Waals surface area contributed by atoms with Gasteiger partial charge >= 0.3 is 6.36 Å². The Balaban J connectivity index is 1.34. The Morgan fingerprint density at radius 2 is 1.94 bits per heavy atom. The number of carbonyl (C=O) groups is 1. The summed E-state index contributed by atoms with van der Waals surface area (Å²) in [5.74, 6) is -1.33. The number of halogens is 4. The van der Waals surface area contributed by atoms with Gasteiger partial charge in [-0.05, 0) is 42.9 Å². The van der Waals surface area contributed by atoms with Crippen LogP contribution in [-0.4, -0.2) is 53.4 Å². The molecule has 2 aromatic heterocycles. The van der Waals surface area contributed by atoms with E-state index in [1.807, 2.05) is 0 Å². The summed E-state index contributed by atoms with van der Waals surface area (Å²) in [6.07, 6.45) is -1.14. The maximum absolute atomic E-state index is 15.1. The third kappa shape index (κ3) is 4.64. The second-order valence-corrected chi connectivity index (χ2v) is 8.80. The van der Waals surface area contributed by atoms with Gasteiger partial charge in [-0.1, -0.05) is 0 Å². The predicted octanol–water partition coefficient (Wildman–Crippen LogP) is 4.32. The minimum Gasteiger partial charge on any atom is -0.406 e. The Labute approximate surface area is 198 Å². The molecule has 35 heavy (non-hydrogen) atoms. The van der Waals surface area contributed by atoms with Crippen LogP contribution in [0.3, 0.4) is 0 Å². The van der Waals surface area contributed by atoms with Crippen molar-refractivity contribution in [2.75, 3.05) is 32.0 Å². The van der Waals surface area contributed by atoms with E-state index in [9.17, 15) is 18.0 Å². The number of fused-ring (bicyclic) bond motifs is 3. The number of hydrogen-bond acceptors (Lipinski definition) is 5. The first-order chi connectivity index (χ1) is 16.7. The molecular weight excluding hydrogens is 468 g/mol. The van der Waals surface area contributed by atoms with E-state index in [1.54, 1.807) is 4.90 Å². The molecule has 2 aliphatic rings. The molecule has 0 saturated carbocycles. The number of nitrogens with two attached hydrogens (primary N) is 1. The zero-order valence-electron chi connectivity index (χ0n) is 18.8. The smallest absolute Gasteiger partial charge is 0.406 e. The summed E-state index contributed by atoms with van der Waals surface area (Å²) in [6.45, 7) is 1.90. The molecule has 1 amide bonds. The molecule has 3 N–H and O–H groups in total. The van der Waals surface area contributed by atoms with E-state index < -0.39 is 12.1 Å². The van der Waals surface area contributed by atoms with Gasteiger partial charge in [-0.3, -0.25) is 4.79 Å². The van der Waals surface area contributed by atoms with Crippen molar-refractivity contribution in [3.8, 4) is 5.75 Å². The predicted molar refractivity (Wildman–Crippen MR) is 120 cm³/mol. The maximum Gasteiger partial charge on any atom is 0.573 e. The van der Waals surface area contributed by atoms with E-state index in [-0.39, 0.29) is 28.9 Å². The van der Waals surface area contributed by atoms with Crippen LogP contribution in [0.4, 0.5) is 23.2 Å². The van der Waals surface area contributed by atoms with Gasteiger partial charge in [0, 0.05) is 47.9 Å². The number of aromatic amines is 1. The van der Waals surface area contributed by atoms with Crippen LogP contribution in [0.15, 0.2) is 24.4 Å². The van der Waals surface area contributed by atoms with Crippen molar-refractivity contribution in [1.29, 1.82) is 0 Å². The fourth-order valence-corrected chi connectivity index (χ4v) is 5.09. The highest BCUT2D eigenvalue weighted by molar-refractivity contribution is 5.99. The van der Waals surface area contributed by atoms with Crippen molar-refractivity contribution in [3.63, 3.8) is 0 Å². The molecule has 0 spiro atoms. The number of aromatic nitrogens is 2. The van der Waals surface area contributed by atoms with Crippen LogP contribution in [0.2, 0.25) is 0 Å². The number of anilines is 1. The van der Waals surface area contributed by atoms with E-state index in [4.69, 9.17) is 10.5 Å². The molecule has 2 aliphatic heterocycles. The summed E-state index contributed by atoms with van der Waals surface area (Å²) in [7, 11) is 0. The van der Waals surface area contributed by atoms with Gasteiger partial charge in [0.15, 0.2) is 0 Å². The first-order valence-corrected chi connectivity index (χ1v) is 11.4. The number of nitrogens with one attached hydrogen (secondary N) is 1. The third-order valence-corrected chi connectivity index (χ3v) is 6.68. The number of pyridine rings is 1. The van der Waals surface area contributed by atoms with Gasteiger partial charge in [-0.15, -0.1) is 13.2 Å². The highest BCUT2D eigenvalue weighted by Gasteiger charge is 2.33. The average Bonchev–Trinajstić information content (AvgIpc) is 2.99. The second kappa shape index (κ2) is 9.03. The Morgan fingerprint density at radius 3 is 2.66 bits per heavy atom. The fourth-order valence-electron chi connectivity index (χ4n) is 5.09. The summed E-state index contributed by atoms with van der Waals surface area (Å²) in [4.78, 5) is 22.2. The lowest BCUT2D eigenvalue weighted by Gasteiger charge is -2.33. The minimum absolute atomic E-state index is 0.0991. The molecule has 4 heterocycles. The van der Waals surface area contributed by atoms with Crippen LogP contribution in [0, 0.1) is 5.82 Å². The normalized spacial score (nSPS) is 17.3. The van der Waals surface area contributed by atoms with Crippen molar-refractivity contribution in [1.82, 2.24) is 14.9 Å². The van der Waals surface area contributed by atoms with Gasteiger partial charge in [0.1, 0.15) is 17.2 Å². The van der Waals surface area contributed by atoms with E-state index >= 15 is 4.39 Å². The summed E-state index contributed by atoms with van der Waals surface area (Å²) in [5, 5.41) is 0.819. The highest BCUT2D eigenvalue weighted by Crippen LogP contribution is 2.38. The molecule has 0 unspecified atom stereocenters. The van der Waals surface area contributed by atoms with E-state index in [2.05, 4.69) is 14.7 Å². The van der Waals surface area contributed by atoms with Crippen molar-refractivity contribution >= 4 is 22.6 Å². The molecule has 0 radical (unpaired) electrons. The van der Waals surface area contributed by atoms with Gasteiger partial charge in [-0.2, -0.15) is 0 Å². The Hall–Kier alpha value is -3.34. The number of nitrogen functional groups attached to an aromatic ring is 1. The van der Waals surface area contributed by atoms with E-state index in [1.165, 1.54) is 12.3 Å².